The first-order chi connectivity index (χ1) is 12.1. The normalized spacial score (nSPS) is 17.5. The van der Waals surface area contributed by atoms with Crippen molar-refractivity contribution in [1.29, 1.82) is 0 Å². The van der Waals surface area contributed by atoms with Crippen molar-refractivity contribution in [3.8, 4) is 11.4 Å². The molecule has 1 aliphatic heterocycles. The maximum atomic E-state index is 11.7. The van der Waals surface area contributed by atoms with Gasteiger partial charge in [-0.2, -0.15) is 0 Å². The summed E-state index contributed by atoms with van der Waals surface area (Å²) in [4.78, 5) is 15.2. The minimum Gasteiger partial charge on any atom is -0.494 e. The molecule has 7 heteroatoms. The summed E-state index contributed by atoms with van der Waals surface area (Å²) in [5.41, 5.74) is 0.719. The Bertz CT molecular complexity index is 726. The third kappa shape index (κ3) is 3.60. The monoisotopic (exact) mass is 344 g/mol. The maximum absolute atomic E-state index is 11.7. The number of anilines is 1. The van der Waals surface area contributed by atoms with E-state index < -0.39 is 5.97 Å². The van der Waals surface area contributed by atoms with E-state index in [1.54, 1.807) is 0 Å². The molecule has 25 heavy (non-hydrogen) atoms. The molecular formula is C18H24N4O3. The molecule has 0 radical (unpaired) electrons. The zero-order valence-electron chi connectivity index (χ0n) is 14.7. The van der Waals surface area contributed by atoms with Crippen LogP contribution in [0.4, 0.5) is 5.82 Å². The minimum atomic E-state index is -1.05. The summed E-state index contributed by atoms with van der Waals surface area (Å²) in [5, 5.41) is 18.3. The van der Waals surface area contributed by atoms with Crippen molar-refractivity contribution in [3.05, 3.63) is 30.0 Å². The molecule has 0 spiro atoms. The Balaban J connectivity index is 1.95. The van der Waals surface area contributed by atoms with Crippen LogP contribution in [0.15, 0.2) is 24.3 Å². The number of carbonyl (C=O) groups is 1. The largest absolute Gasteiger partial charge is 0.494 e. The molecule has 1 aromatic heterocycles. The van der Waals surface area contributed by atoms with E-state index in [2.05, 4.69) is 22.0 Å². The average Bonchev–Trinajstić information content (AvgIpc) is 3.08. The molecule has 3 rings (SSSR count). The number of ether oxygens (including phenoxy) is 1. The Kier molecular flexibility index (Phi) is 5.21. The highest BCUT2D eigenvalue weighted by molar-refractivity contribution is 5.91. The van der Waals surface area contributed by atoms with E-state index in [0.717, 1.165) is 31.6 Å². The van der Waals surface area contributed by atoms with E-state index in [4.69, 9.17) is 4.74 Å². The predicted molar refractivity (Wildman–Crippen MR) is 94.8 cm³/mol. The molecule has 1 aromatic carbocycles. The number of hydrogen-bond acceptors (Lipinski definition) is 5. The second-order valence-corrected chi connectivity index (χ2v) is 6.14. The first kappa shape index (κ1) is 17.3. The van der Waals surface area contributed by atoms with Gasteiger partial charge in [-0.25, -0.2) is 4.79 Å². The Morgan fingerprint density at radius 3 is 2.64 bits per heavy atom. The first-order valence-corrected chi connectivity index (χ1v) is 8.84. The van der Waals surface area contributed by atoms with Gasteiger partial charge in [-0.3, -0.25) is 0 Å². The van der Waals surface area contributed by atoms with Crippen LogP contribution in [0.5, 0.6) is 5.75 Å². The molecule has 1 N–H and O–H groups in total. The number of rotatable bonds is 6. The Morgan fingerprint density at radius 1 is 1.24 bits per heavy atom. The molecule has 1 fully saturated rings. The molecule has 0 amide bonds. The number of carboxylic acid groups (broad SMARTS) is 1. The van der Waals surface area contributed by atoms with Gasteiger partial charge in [-0.15, -0.1) is 15.0 Å². The van der Waals surface area contributed by atoms with Gasteiger partial charge in [0.1, 0.15) is 5.75 Å². The van der Waals surface area contributed by atoms with Gasteiger partial charge in [-0.1, -0.05) is 6.92 Å². The van der Waals surface area contributed by atoms with Gasteiger partial charge >= 0.3 is 5.97 Å². The lowest BCUT2D eigenvalue weighted by Crippen LogP contribution is -2.40. The van der Waals surface area contributed by atoms with Crippen LogP contribution < -0.4 is 9.64 Å². The zero-order valence-corrected chi connectivity index (χ0v) is 14.7. The third-order valence-electron chi connectivity index (χ3n) is 4.55. The van der Waals surface area contributed by atoms with E-state index in [0.29, 0.717) is 24.2 Å². The molecule has 7 nitrogen and oxygen atoms in total. The minimum absolute atomic E-state index is 0.00855. The molecule has 1 atom stereocenters. The number of nitrogens with zero attached hydrogens (tertiary/aromatic N) is 4. The van der Waals surface area contributed by atoms with Crippen molar-refractivity contribution in [3.63, 3.8) is 0 Å². The van der Waals surface area contributed by atoms with Crippen LogP contribution in [-0.4, -0.2) is 45.3 Å². The Hall–Kier alpha value is -2.57. The lowest BCUT2D eigenvalue weighted by molar-refractivity contribution is 0.0690. The Morgan fingerprint density at radius 2 is 2.00 bits per heavy atom. The highest BCUT2D eigenvalue weighted by Crippen LogP contribution is 2.28. The summed E-state index contributed by atoms with van der Waals surface area (Å²) in [6, 6.07) is 7.63. The molecule has 1 saturated heterocycles. The van der Waals surface area contributed by atoms with Gasteiger partial charge in [0.25, 0.3) is 0 Å². The number of piperidine rings is 1. The Labute approximate surface area is 147 Å². The van der Waals surface area contributed by atoms with Crippen LogP contribution in [0.25, 0.3) is 5.69 Å². The summed E-state index contributed by atoms with van der Waals surface area (Å²) < 4.78 is 5.44. The molecule has 0 unspecified atom stereocenters. The number of hydrogen-bond donors (Lipinski definition) is 1. The number of carboxylic acids is 1. The van der Waals surface area contributed by atoms with Gasteiger partial charge in [0.15, 0.2) is 5.82 Å². The highest BCUT2D eigenvalue weighted by atomic mass is 16.5. The van der Waals surface area contributed by atoms with E-state index in [9.17, 15) is 9.90 Å². The van der Waals surface area contributed by atoms with Gasteiger partial charge in [-0.05, 0) is 56.9 Å². The first-order valence-electron chi connectivity index (χ1n) is 8.84. The van der Waals surface area contributed by atoms with Gasteiger partial charge in [0, 0.05) is 12.6 Å². The number of aromatic carboxylic acids is 1. The quantitative estimate of drug-likeness (QED) is 0.867. The predicted octanol–water partition coefficient (Wildman–Crippen LogP) is 3.13. The standard InChI is InChI=1S/C18H24N4O3/c1-3-13-7-5-6-12-21(13)17-16(18(23)24)19-22(20-17)14-8-10-15(11-9-14)25-4-2/h8-11,13H,3-7,12H2,1-2H3,(H,23,24)/t13-/m0/s1. The fourth-order valence-corrected chi connectivity index (χ4v) is 3.29. The second-order valence-electron chi connectivity index (χ2n) is 6.14. The van der Waals surface area contributed by atoms with Gasteiger partial charge in [0.05, 0.1) is 12.3 Å². The van der Waals surface area contributed by atoms with Crippen LogP contribution in [0, 0.1) is 0 Å². The molecule has 1 aliphatic rings. The van der Waals surface area contributed by atoms with Crippen molar-refractivity contribution in [2.45, 2.75) is 45.6 Å². The molecule has 0 saturated carbocycles. The molecule has 2 aromatic rings. The van der Waals surface area contributed by atoms with Crippen molar-refractivity contribution in [2.75, 3.05) is 18.1 Å². The maximum Gasteiger partial charge on any atom is 0.360 e. The van der Waals surface area contributed by atoms with Crippen molar-refractivity contribution < 1.29 is 14.6 Å². The zero-order chi connectivity index (χ0) is 17.8. The summed E-state index contributed by atoms with van der Waals surface area (Å²) in [7, 11) is 0. The fraction of sp³-hybridized carbons (Fsp3) is 0.500. The lowest BCUT2D eigenvalue weighted by Gasteiger charge is -2.35. The van der Waals surface area contributed by atoms with Crippen LogP contribution in [0.1, 0.15) is 50.0 Å². The SMILES string of the molecule is CCOc1ccc(-n2nc(C(=O)O)c(N3CCCC[C@@H]3CC)n2)cc1. The summed E-state index contributed by atoms with van der Waals surface area (Å²) in [5.74, 6) is 0.180. The van der Waals surface area contributed by atoms with Gasteiger partial charge in [0.2, 0.25) is 5.69 Å². The average molecular weight is 344 g/mol. The topological polar surface area (TPSA) is 80.5 Å². The second kappa shape index (κ2) is 7.55. The molecule has 0 aliphatic carbocycles. The fourth-order valence-electron chi connectivity index (χ4n) is 3.29. The van der Waals surface area contributed by atoms with Crippen LogP contribution in [0.3, 0.4) is 0 Å². The smallest absolute Gasteiger partial charge is 0.360 e. The van der Waals surface area contributed by atoms with Crippen LogP contribution >= 0.6 is 0 Å². The van der Waals surface area contributed by atoms with Crippen LogP contribution in [0.2, 0.25) is 0 Å². The summed E-state index contributed by atoms with van der Waals surface area (Å²) in [6.07, 6.45) is 4.25. The number of aromatic nitrogens is 3. The van der Waals surface area contributed by atoms with E-state index in [1.165, 1.54) is 11.2 Å². The van der Waals surface area contributed by atoms with E-state index >= 15 is 0 Å². The van der Waals surface area contributed by atoms with E-state index in [1.807, 2.05) is 31.2 Å². The van der Waals surface area contributed by atoms with Gasteiger partial charge < -0.3 is 14.7 Å². The van der Waals surface area contributed by atoms with Crippen molar-refractivity contribution >= 4 is 11.8 Å². The lowest BCUT2D eigenvalue weighted by atomic mass is 10.00. The third-order valence-corrected chi connectivity index (χ3v) is 4.55. The van der Waals surface area contributed by atoms with Crippen molar-refractivity contribution in [2.24, 2.45) is 0 Å². The summed E-state index contributed by atoms with van der Waals surface area (Å²) >= 11 is 0. The molecule has 134 valence electrons. The van der Waals surface area contributed by atoms with Crippen LogP contribution in [-0.2, 0) is 0 Å². The van der Waals surface area contributed by atoms with Crippen molar-refractivity contribution in [1.82, 2.24) is 15.0 Å². The number of benzene rings is 1. The molecule has 2 heterocycles. The van der Waals surface area contributed by atoms with E-state index in [-0.39, 0.29) is 5.69 Å². The summed E-state index contributed by atoms with van der Waals surface area (Å²) in [6.45, 7) is 5.47. The molecule has 0 bridgehead atoms. The highest BCUT2D eigenvalue weighted by Gasteiger charge is 2.29. The molecular weight excluding hydrogens is 320 g/mol.